The highest BCUT2D eigenvalue weighted by Crippen LogP contribution is 2.28. The van der Waals surface area contributed by atoms with Gasteiger partial charge in [-0.25, -0.2) is 0 Å². The maximum absolute atomic E-state index is 12.8. The Labute approximate surface area is 133 Å². The van der Waals surface area contributed by atoms with Crippen LogP contribution in [0.3, 0.4) is 0 Å². The number of amides is 1. The standard InChI is InChI=1S/C18H28N2O2/c1-20(2)16(13-15-9-5-3-6-10-15)17(22)19-18(14-21)11-7-4-8-12-18/h3,5-6,9-10,16,21H,4,7-8,11-14H2,1-2H3,(H,19,22)/t16-/m0/s1. The number of rotatable bonds is 6. The number of aliphatic hydroxyl groups excluding tert-OH is 1. The van der Waals surface area contributed by atoms with Gasteiger partial charge in [0.25, 0.3) is 0 Å². The molecule has 1 atom stereocenters. The molecular formula is C18H28N2O2. The topological polar surface area (TPSA) is 52.6 Å². The predicted molar refractivity (Wildman–Crippen MR) is 88.7 cm³/mol. The van der Waals surface area contributed by atoms with Gasteiger partial charge in [0.2, 0.25) is 5.91 Å². The number of nitrogens with one attached hydrogen (secondary N) is 1. The molecule has 0 unspecified atom stereocenters. The van der Waals surface area contributed by atoms with Crippen LogP contribution >= 0.6 is 0 Å². The van der Waals surface area contributed by atoms with E-state index in [1.54, 1.807) is 0 Å². The smallest absolute Gasteiger partial charge is 0.238 e. The Morgan fingerprint density at radius 2 is 1.86 bits per heavy atom. The summed E-state index contributed by atoms with van der Waals surface area (Å²) in [6.45, 7) is 0.0320. The van der Waals surface area contributed by atoms with Crippen molar-refractivity contribution in [1.82, 2.24) is 10.2 Å². The number of nitrogens with zero attached hydrogens (tertiary/aromatic N) is 1. The van der Waals surface area contributed by atoms with Crippen molar-refractivity contribution < 1.29 is 9.90 Å². The number of hydrogen-bond acceptors (Lipinski definition) is 3. The van der Waals surface area contributed by atoms with Gasteiger partial charge in [0.05, 0.1) is 18.2 Å². The van der Waals surface area contributed by atoms with Gasteiger partial charge in [-0.1, -0.05) is 49.6 Å². The molecule has 1 aliphatic carbocycles. The van der Waals surface area contributed by atoms with Crippen molar-refractivity contribution in [1.29, 1.82) is 0 Å². The normalized spacial score (nSPS) is 18.9. The molecule has 0 bridgehead atoms. The minimum atomic E-state index is -0.416. The van der Waals surface area contributed by atoms with Crippen molar-refractivity contribution in [3.8, 4) is 0 Å². The van der Waals surface area contributed by atoms with Gasteiger partial charge in [-0.3, -0.25) is 9.69 Å². The average molecular weight is 304 g/mol. The molecule has 0 radical (unpaired) electrons. The summed E-state index contributed by atoms with van der Waals surface area (Å²) < 4.78 is 0. The first-order valence-electron chi connectivity index (χ1n) is 8.19. The van der Waals surface area contributed by atoms with Gasteiger partial charge in [0.1, 0.15) is 0 Å². The Bertz CT molecular complexity index is 467. The second kappa shape index (κ2) is 7.75. The first-order valence-corrected chi connectivity index (χ1v) is 8.19. The van der Waals surface area contributed by atoms with Crippen LogP contribution < -0.4 is 5.32 Å². The van der Waals surface area contributed by atoms with Crippen LogP contribution in [0, 0.1) is 0 Å². The second-order valence-corrected chi connectivity index (χ2v) is 6.66. The van der Waals surface area contributed by atoms with Crippen LogP contribution in [0.25, 0.3) is 0 Å². The summed E-state index contributed by atoms with van der Waals surface area (Å²) in [5, 5.41) is 12.9. The molecule has 0 spiro atoms. The van der Waals surface area contributed by atoms with Crippen LogP contribution in [0.5, 0.6) is 0 Å². The zero-order valence-corrected chi connectivity index (χ0v) is 13.7. The molecule has 2 rings (SSSR count). The number of likely N-dealkylation sites (N-methyl/N-ethyl adjacent to an activating group) is 1. The molecule has 0 saturated heterocycles. The van der Waals surface area contributed by atoms with Crippen molar-refractivity contribution in [3.05, 3.63) is 35.9 Å². The molecule has 22 heavy (non-hydrogen) atoms. The predicted octanol–water partition coefficient (Wildman–Crippen LogP) is 1.97. The number of benzene rings is 1. The molecule has 1 aromatic rings. The molecular weight excluding hydrogens is 276 g/mol. The molecule has 4 heteroatoms. The zero-order chi connectivity index (χ0) is 16.0. The van der Waals surface area contributed by atoms with E-state index >= 15 is 0 Å². The lowest BCUT2D eigenvalue weighted by Gasteiger charge is -2.38. The van der Waals surface area contributed by atoms with Crippen LogP contribution in [0.1, 0.15) is 37.7 Å². The molecule has 1 saturated carbocycles. The Balaban J connectivity index is 2.06. The van der Waals surface area contributed by atoms with E-state index < -0.39 is 5.54 Å². The van der Waals surface area contributed by atoms with Crippen molar-refractivity contribution in [2.24, 2.45) is 0 Å². The van der Waals surface area contributed by atoms with Crippen molar-refractivity contribution in [2.75, 3.05) is 20.7 Å². The highest BCUT2D eigenvalue weighted by atomic mass is 16.3. The second-order valence-electron chi connectivity index (χ2n) is 6.66. The molecule has 1 fully saturated rings. The Morgan fingerprint density at radius 1 is 1.23 bits per heavy atom. The molecule has 4 nitrogen and oxygen atoms in total. The minimum Gasteiger partial charge on any atom is -0.394 e. The van der Waals surface area contributed by atoms with E-state index in [0.717, 1.165) is 31.2 Å². The largest absolute Gasteiger partial charge is 0.394 e. The van der Waals surface area contributed by atoms with Crippen molar-refractivity contribution in [3.63, 3.8) is 0 Å². The van der Waals surface area contributed by atoms with Crippen molar-refractivity contribution >= 4 is 5.91 Å². The lowest BCUT2D eigenvalue weighted by molar-refractivity contribution is -0.128. The van der Waals surface area contributed by atoms with Crippen LogP contribution in [0.4, 0.5) is 0 Å². The fourth-order valence-electron chi connectivity index (χ4n) is 3.24. The van der Waals surface area contributed by atoms with E-state index in [1.165, 1.54) is 6.42 Å². The van der Waals surface area contributed by atoms with Crippen molar-refractivity contribution in [2.45, 2.75) is 50.1 Å². The summed E-state index contributed by atoms with van der Waals surface area (Å²) in [7, 11) is 3.86. The molecule has 1 aliphatic rings. The fourth-order valence-corrected chi connectivity index (χ4v) is 3.24. The number of carbonyl (C=O) groups is 1. The third-order valence-corrected chi connectivity index (χ3v) is 4.70. The zero-order valence-electron chi connectivity index (χ0n) is 13.7. The van der Waals surface area contributed by atoms with E-state index in [1.807, 2.05) is 49.3 Å². The van der Waals surface area contributed by atoms with Crippen LogP contribution in [-0.4, -0.2) is 48.2 Å². The lowest BCUT2D eigenvalue weighted by Crippen LogP contribution is -2.57. The summed E-state index contributed by atoms with van der Waals surface area (Å²) in [4.78, 5) is 14.7. The first-order chi connectivity index (χ1) is 10.6. The molecule has 0 aromatic heterocycles. The number of hydrogen-bond donors (Lipinski definition) is 2. The lowest BCUT2D eigenvalue weighted by atomic mass is 9.82. The highest BCUT2D eigenvalue weighted by molar-refractivity contribution is 5.82. The van der Waals surface area contributed by atoms with E-state index in [0.29, 0.717) is 6.42 Å². The Kier molecular flexibility index (Phi) is 5.98. The van der Waals surface area contributed by atoms with E-state index in [-0.39, 0.29) is 18.6 Å². The van der Waals surface area contributed by atoms with Gasteiger partial charge < -0.3 is 10.4 Å². The highest BCUT2D eigenvalue weighted by Gasteiger charge is 2.35. The van der Waals surface area contributed by atoms with E-state index in [2.05, 4.69) is 5.32 Å². The van der Waals surface area contributed by atoms with E-state index in [4.69, 9.17) is 0 Å². The molecule has 1 aromatic carbocycles. The SMILES string of the molecule is CN(C)[C@@H](Cc1ccccc1)C(=O)NC1(CO)CCCCC1. The monoisotopic (exact) mass is 304 g/mol. The maximum atomic E-state index is 12.8. The van der Waals surface area contributed by atoms with Gasteiger partial charge in [0.15, 0.2) is 0 Å². The third kappa shape index (κ3) is 4.31. The van der Waals surface area contributed by atoms with Crippen LogP contribution in [0.2, 0.25) is 0 Å². The third-order valence-electron chi connectivity index (χ3n) is 4.70. The maximum Gasteiger partial charge on any atom is 0.238 e. The minimum absolute atomic E-state index is 0.0183. The molecule has 2 N–H and O–H groups in total. The summed E-state index contributed by atoms with van der Waals surface area (Å²) >= 11 is 0. The summed E-state index contributed by atoms with van der Waals surface area (Å²) in [6.07, 6.45) is 5.78. The fraction of sp³-hybridized carbons (Fsp3) is 0.611. The molecule has 122 valence electrons. The van der Waals surface area contributed by atoms with Gasteiger partial charge in [0, 0.05) is 0 Å². The van der Waals surface area contributed by atoms with Crippen LogP contribution in [-0.2, 0) is 11.2 Å². The van der Waals surface area contributed by atoms with Gasteiger partial charge in [-0.2, -0.15) is 0 Å². The molecule has 0 aliphatic heterocycles. The number of aliphatic hydroxyl groups is 1. The quantitative estimate of drug-likeness (QED) is 0.845. The summed E-state index contributed by atoms with van der Waals surface area (Å²) in [6, 6.07) is 9.86. The van der Waals surface area contributed by atoms with E-state index in [9.17, 15) is 9.90 Å². The number of carbonyl (C=O) groups excluding carboxylic acids is 1. The Morgan fingerprint density at radius 3 is 2.41 bits per heavy atom. The molecule has 1 amide bonds. The first kappa shape index (κ1) is 17.0. The summed E-state index contributed by atoms with van der Waals surface area (Å²) in [5.41, 5.74) is 0.735. The summed E-state index contributed by atoms with van der Waals surface area (Å²) in [5.74, 6) is 0.0183. The van der Waals surface area contributed by atoms with Gasteiger partial charge in [-0.15, -0.1) is 0 Å². The molecule has 0 heterocycles. The Hall–Kier alpha value is -1.39. The average Bonchev–Trinajstić information content (AvgIpc) is 2.54. The van der Waals surface area contributed by atoms with Gasteiger partial charge >= 0.3 is 0 Å². The van der Waals surface area contributed by atoms with Crippen LogP contribution in [0.15, 0.2) is 30.3 Å². The van der Waals surface area contributed by atoms with Gasteiger partial charge in [-0.05, 0) is 38.9 Å².